The van der Waals surface area contributed by atoms with Crippen molar-refractivity contribution in [3.8, 4) is 0 Å². The van der Waals surface area contributed by atoms with Crippen LogP contribution in [0.3, 0.4) is 0 Å². The molecule has 1 atom stereocenters. The second-order valence-corrected chi connectivity index (χ2v) is 5.77. The molecule has 1 aromatic rings. The molecule has 0 saturated heterocycles. The van der Waals surface area contributed by atoms with Gasteiger partial charge in [0.2, 0.25) is 0 Å². The molecule has 0 aromatic heterocycles. The average Bonchev–Trinajstić information content (AvgIpc) is 2.26. The fourth-order valence-corrected chi connectivity index (χ4v) is 2.06. The first-order valence-electron chi connectivity index (χ1n) is 6.23. The molecule has 1 rings (SSSR count). The van der Waals surface area contributed by atoms with E-state index >= 15 is 0 Å². The molecule has 2 N–H and O–H groups in total. The van der Waals surface area contributed by atoms with E-state index in [1.54, 1.807) is 0 Å². The van der Waals surface area contributed by atoms with Crippen LogP contribution in [0.2, 0.25) is 0 Å². The maximum atomic E-state index is 9.35. The summed E-state index contributed by atoms with van der Waals surface area (Å²) in [5.41, 5.74) is 4.04. The van der Waals surface area contributed by atoms with E-state index in [-0.39, 0.29) is 12.0 Å². The minimum Gasteiger partial charge on any atom is -0.394 e. The van der Waals surface area contributed by atoms with Crippen LogP contribution in [0.25, 0.3) is 0 Å². The molecule has 0 aliphatic carbocycles. The summed E-state index contributed by atoms with van der Waals surface area (Å²) >= 11 is 0. The smallest absolute Gasteiger partial charge is 0.0774 e. The normalized spacial score (nSPS) is 13.8. The van der Waals surface area contributed by atoms with E-state index < -0.39 is 6.10 Å². The predicted molar refractivity (Wildman–Crippen MR) is 71.3 cm³/mol. The maximum absolute atomic E-state index is 9.35. The van der Waals surface area contributed by atoms with Gasteiger partial charge >= 0.3 is 0 Å². The molecule has 1 unspecified atom stereocenters. The highest BCUT2D eigenvalue weighted by atomic mass is 16.3. The summed E-state index contributed by atoms with van der Waals surface area (Å²) in [6, 6.07) is 6.47. The van der Waals surface area contributed by atoms with Crippen molar-refractivity contribution in [2.24, 2.45) is 0 Å². The third-order valence-electron chi connectivity index (χ3n) is 3.09. The minimum atomic E-state index is -0.602. The summed E-state index contributed by atoms with van der Waals surface area (Å²) in [5, 5.41) is 18.1. The Morgan fingerprint density at radius 3 is 2.41 bits per heavy atom. The van der Waals surface area contributed by atoms with E-state index in [1.807, 2.05) is 0 Å². The Bertz CT molecular complexity index is 364. The van der Waals surface area contributed by atoms with Crippen LogP contribution in [0.5, 0.6) is 0 Å². The van der Waals surface area contributed by atoms with Gasteiger partial charge in [-0.3, -0.25) is 0 Å². The number of hydrogen-bond acceptors (Lipinski definition) is 2. The third-order valence-corrected chi connectivity index (χ3v) is 3.09. The Morgan fingerprint density at radius 1 is 1.24 bits per heavy atom. The number of hydrogen-bond donors (Lipinski definition) is 2. The van der Waals surface area contributed by atoms with Crippen LogP contribution in [0.15, 0.2) is 18.2 Å². The molecular weight excluding hydrogens is 212 g/mol. The van der Waals surface area contributed by atoms with Gasteiger partial charge in [-0.1, -0.05) is 39.0 Å². The van der Waals surface area contributed by atoms with Crippen LogP contribution in [0.4, 0.5) is 0 Å². The third kappa shape index (κ3) is 4.14. The molecule has 1 aromatic carbocycles. The molecule has 0 spiro atoms. The lowest BCUT2D eigenvalue weighted by Crippen LogP contribution is -2.15. The highest BCUT2D eigenvalue weighted by Crippen LogP contribution is 2.26. The van der Waals surface area contributed by atoms with Gasteiger partial charge in [-0.05, 0) is 41.9 Å². The minimum absolute atomic E-state index is 0.148. The molecule has 96 valence electrons. The molecule has 0 aliphatic rings. The molecule has 17 heavy (non-hydrogen) atoms. The van der Waals surface area contributed by atoms with E-state index in [2.05, 4.69) is 45.9 Å². The van der Waals surface area contributed by atoms with Gasteiger partial charge in [0.25, 0.3) is 0 Å². The Labute approximate surface area is 104 Å². The van der Waals surface area contributed by atoms with Gasteiger partial charge < -0.3 is 10.2 Å². The SMILES string of the molecule is Cc1ccc(CCC(O)CO)cc1C(C)(C)C. The van der Waals surface area contributed by atoms with Crippen molar-refractivity contribution in [1.82, 2.24) is 0 Å². The number of aryl methyl sites for hydroxylation is 2. The first-order valence-corrected chi connectivity index (χ1v) is 6.23. The van der Waals surface area contributed by atoms with Crippen LogP contribution in [0.1, 0.15) is 43.9 Å². The Hall–Kier alpha value is -0.860. The summed E-state index contributed by atoms with van der Waals surface area (Å²) in [6.45, 7) is 8.61. The lowest BCUT2D eigenvalue weighted by Gasteiger charge is -2.22. The quantitative estimate of drug-likeness (QED) is 0.843. The number of rotatable bonds is 4. The zero-order valence-electron chi connectivity index (χ0n) is 11.3. The molecule has 0 aliphatic heterocycles. The van der Waals surface area contributed by atoms with E-state index in [4.69, 9.17) is 5.11 Å². The highest BCUT2D eigenvalue weighted by molar-refractivity contribution is 5.35. The molecule has 2 nitrogen and oxygen atoms in total. The first-order chi connectivity index (χ1) is 7.84. The highest BCUT2D eigenvalue weighted by Gasteiger charge is 2.16. The molecule has 0 bridgehead atoms. The van der Waals surface area contributed by atoms with E-state index in [0.29, 0.717) is 6.42 Å². The fourth-order valence-electron chi connectivity index (χ4n) is 2.06. The van der Waals surface area contributed by atoms with Gasteiger partial charge in [-0.25, -0.2) is 0 Å². The van der Waals surface area contributed by atoms with Crippen LogP contribution in [-0.4, -0.2) is 22.9 Å². The van der Waals surface area contributed by atoms with E-state index in [9.17, 15) is 5.11 Å². The molecular formula is C15H24O2. The number of aliphatic hydroxyl groups excluding tert-OH is 2. The first kappa shape index (κ1) is 14.2. The van der Waals surface area contributed by atoms with Crippen molar-refractivity contribution in [2.45, 2.75) is 52.1 Å². The van der Waals surface area contributed by atoms with Crippen molar-refractivity contribution in [3.05, 3.63) is 34.9 Å². The van der Waals surface area contributed by atoms with Crippen molar-refractivity contribution >= 4 is 0 Å². The Balaban J connectivity index is 2.82. The van der Waals surface area contributed by atoms with Gasteiger partial charge in [0, 0.05) is 0 Å². The van der Waals surface area contributed by atoms with Crippen molar-refractivity contribution < 1.29 is 10.2 Å². The second-order valence-electron chi connectivity index (χ2n) is 5.77. The van der Waals surface area contributed by atoms with Gasteiger partial charge in [0.15, 0.2) is 0 Å². The largest absolute Gasteiger partial charge is 0.394 e. The average molecular weight is 236 g/mol. The Kier molecular flexibility index (Phi) is 4.72. The van der Waals surface area contributed by atoms with Gasteiger partial charge in [-0.15, -0.1) is 0 Å². The lowest BCUT2D eigenvalue weighted by atomic mass is 9.83. The van der Waals surface area contributed by atoms with Gasteiger partial charge in [0.1, 0.15) is 0 Å². The van der Waals surface area contributed by atoms with Crippen molar-refractivity contribution in [1.29, 1.82) is 0 Å². The van der Waals surface area contributed by atoms with Crippen LogP contribution < -0.4 is 0 Å². The molecule has 2 heteroatoms. The molecule has 0 amide bonds. The predicted octanol–water partition coefficient (Wildman–Crippen LogP) is 2.58. The standard InChI is InChI=1S/C15H24O2/c1-11-5-6-12(7-8-13(17)10-16)9-14(11)15(2,3)4/h5-6,9,13,16-17H,7-8,10H2,1-4H3. The topological polar surface area (TPSA) is 40.5 Å². The number of benzene rings is 1. The van der Waals surface area contributed by atoms with E-state index in [0.717, 1.165) is 6.42 Å². The monoisotopic (exact) mass is 236 g/mol. The summed E-state index contributed by atoms with van der Waals surface area (Å²) in [7, 11) is 0. The molecule has 0 saturated carbocycles. The molecule has 0 fully saturated rings. The van der Waals surface area contributed by atoms with Gasteiger partial charge in [0.05, 0.1) is 12.7 Å². The zero-order valence-corrected chi connectivity index (χ0v) is 11.3. The van der Waals surface area contributed by atoms with Crippen molar-refractivity contribution in [3.63, 3.8) is 0 Å². The summed E-state index contributed by atoms with van der Waals surface area (Å²) < 4.78 is 0. The summed E-state index contributed by atoms with van der Waals surface area (Å²) in [4.78, 5) is 0. The van der Waals surface area contributed by atoms with Crippen LogP contribution in [0, 0.1) is 6.92 Å². The Morgan fingerprint density at radius 2 is 1.88 bits per heavy atom. The van der Waals surface area contributed by atoms with Crippen molar-refractivity contribution in [2.75, 3.05) is 6.61 Å². The second kappa shape index (κ2) is 5.65. The lowest BCUT2D eigenvalue weighted by molar-refractivity contribution is 0.0886. The van der Waals surface area contributed by atoms with E-state index in [1.165, 1.54) is 16.7 Å². The molecule has 0 radical (unpaired) electrons. The van der Waals surface area contributed by atoms with Crippen LogP contribution >= 0.6 is 0 Å². The van der Waals surface area contributed by atoms with Gasteiger partial charge in [-0.2, -0.15) is 0 Å². The van der Waals surface area contributed by atoms with Crippen LogP contribution in [-0.2, 0) is 11.8 Å². The fraction of sp³-hybridized carbons (Fsp3) is 0.600. The number of aliphatic hydroxyl groups is 2. The molecule has 0 heterocycles. The summed E-state index contributed by atoms with van der Waals surface area (Å²) in [5.74, 6) is 0. The maximum Gasteiger partial charge on any atom is 0.0774 e. The zero-order chi connectivity index (χ0) is 13.1. The summed E-state index contributed by atoms with van der Waals surface area (Å²) in [6.07, 6.45) is 0.822.